The Morgan fingerprint density at radius 1 is 1.08 bits per heavy atom. The fourth-order valence-electron chi connectivity index (χ4n) is 4.25. The molecule has 2 atom stereocenters. The van der Waals surface area contributed by atoms with Gasteiger partial charge in [-0.25, -0.2) is 4.39 Å². The van der Waals surface area contributed by atoms with Crippen LogP contribution in [0.2, 0.25) is 0 Å². The number of nitrogens with zero attached hydrogens (tertiary/aromatic N) is 3. The lowest BCUT2D eigenvalue weighted by Gasteiger charge is -2.22. The van der Waals surface area contributed by atoms with E-state index in [9.17, 15) is 9.18 Å². The van der Waals surface area contributed by atoms with E-state index in [-0.39, 0.29) is 11.7 Å². The van der Waals surface area contributed by atoms with E-state index in [1.807, 2.05) is 35.4 Å². The zero-order valence-electron chi connectivity index (χ0n) is 14.9. The predicted octanol–water partition coefficient (Wildman–Crippen LogP) is 2.74. The highest BCUT2D eigenvalue weighted by Gasteiger charge is 2.41. The number of carbonyl (C=O) groups is 1. The maximum Gasteiger partial charge on any atom is 0.222 e. The second-order valence-corrected chi connectivity index (χ2v) is 7.47. The molecule has 1 amide bonds. The third-order valence-corrected chi connectivity index (χ3v) is 5.62. The Labute approximate surface area is 153 Å². The molecular weight excluding hydrogens is 329 g/mol. The zero-order chi connectivity index (χ0) is 17.9. The number of amides is 1. The lowest BCUT2D eigenvalue weighted by Crippen LogP contribution is -2.33. The smallest absolute Gasteiger partial charge is 0.222 e. The summed E-state index contributed by atoms with van der Waals surface area (Å²) in [4.78, 5) is 21.0. The first-order valence-electron chi connectivity index (χ1n) is 9.31. The van der Waals surface area contributed by atoms with Crippen molar-refractivity contribution in [1.29, 1.82) is 0 Å². The molecule has 2 aromatic rings. The average Bonchev–Trinajstić information content (AvgIpc) is 3.21. The molecule has 26 heavy (non-hydrogen) atoms. The second-order valence-electron chi connectivity index (χ2n) is 7.47. The number of aromatic nitrogens is 1. The van der Waals surface area contributed by atoms with Crippen LogP contribution in [0.5, 0.6) is 0 Å². The van der Waals surface area contributed by atoms with Gasteiger partial charge in [0.15, 0.2) is 0 Å². The van der Waals surface area contributed by atoms with Crippen LogP contribution in [0, 0.1) is 17.7 Å². The molecule has 2 aliphatic rings. The van der Waals surface area contributed by atoms with Crippen LogP contribution in [0.15, 0.2) is 48.8 Å². The first kappa shape index (κ1) is 17.2. The quantitative estimate of drug-likeness (QED) is 0.829. The zero-order valence-corrected chi connectivity index (χ0v) is 14.9. The molecule has 1 aromatic carbocycles. The van der Waals surface area contributed by atoms with Gasteiger partial charge in [-0.05, 0) is 36.0 Å². The SMILES string of the molecule is O=C(CCc1cccnc1)N1CC2CN(Cc3ccccc3F)CC2C1. The van der Waals surface area contributed by atoms with Crippen LogP contribution in [0.25, 0.3) is 0 Å². The van der Waals surface area contributed by atoms with Gasteiger partial charge in [0.2, 0.25) is 5.91 Å². The van der Waals surface area contributed by atoms with Crippen LogP contribution in [-0.4, -0.2) is 46.9 Å². The van der Waals surface area contributed by atoms with Gasteiger partial charge in [-0.15, -0.1) is 0 Å². The van der Waals surface area contributed by atoms with Crippen LogP contribution in [0.4, 0.5) is 4.39 Å². The molecule has 4 rings (SSSR count). The highest BCUT2D eigenvalue weighted by atomic mass is 19.1. The van der Waals surface area contributed by atoms with Crippen LogP contribution in [-0.2, 0) is 17.8 Å². The number of fused-ring (bicyclic) bond motifs is 1. The van der Waals surface area contributed by atoms with Crippen LogP contribution >= 0.6 is 0 Å². The topological polar surface area (TPSA) is 36.4 Å². The molecule has 5 heteroatoms. The molecule has 136 valence electrons. The Hall–Kier alpha value is -2.27. The summed E-state index contributed by atoms with van der Waals surface area (Å²) in [6.07, 6.45) is 4.87. The van der Waals surface area contributed by atoms with Crippen LogP contribution < -0.4 is 0 Å². The molecule has 2 aliphatic heterocycles. The minimum Gasteiger partial charge on any atom is -0.342 e. The van der Waals surface area contributed by atoms with Crippen molar-refractivity contribution in [2.45, 2.75) is 19.4 Å². The Morgan fingerprint density at radius 3 is 2.54 bits per heavy atom. The van der Waals surface area contributed by atoms with Gasteiger partial charge in [0, 0.05) is 57.1 Å². The summed E-state index contributed by atoms with van der Waals surface area (Å²) in [6.45, 7) is 4.24. The molecule has 0 bridgehead atoms. The van der Waals surface area contributed by atoms with Gasteiger partial charge in [-0.2, -0.15) is 0 Å². The van der Waals surface area contributed by atoms with Crippen molar-refractivity contribution in [2.24, 2.45) is 11.8 Å². The molecular formula is C21H24FN3O. The monoisotopic (exact) mass is 353 g/mol. The Bertz CT molecular complexity index is 753. The largest absolute Gasteiger partial charge is 0.342 e. The summed E-state index contributed by atoms with van der Waals surface area (Å²) in [5.41, 5.74) is 1.87. The van der Waals surface area contributed by atoms with Gasteiger partial charge < -0.3 is 4.90 Å². The van der Waals surface area contributed by atoms with Crippen molar-refractivity contribution in [1.82, 2.24) is 14.8 Å². The molecule has 2 fully saturated rings. The summed E-state index contributed by atoms with van der Waals surface area (Å²) in [5, 5.41) is 0. The Balaban J connectivity index is 1.27. The lowest BCUT2D eigenvalue weighted by molar-refractivity contribution is -0.130. The van der Waals surface area contributed by atoms with Gasteiger partial charge in [0.1, 0.15) is 5.82 Å². The molecule has 2 saturated heterocycles. The van der Waals surface area contributed by atoms with Crippen LogP contribution in [0.3, 0.4) is 0 Å². The van der Waals surface area contributed by atoms with E-state index in [0.717, 1.165) is 43.7 Å². The number of rotatable bonds is 5. The number of hydrogen-bond acceptors (Lipinski definition) is 3. The Kier molecular flexibility index (Phi) is 4.98. The van der Waals surface area contributed by atoms with Crippen molar-refractivity contribution < 1.29 is 9.18 Å². The van der Waals surface area contributed by atoms with Gasteiger partial charge in [-0.1, -0.05) is 24.3 Å². The Morgan fingerprint density at radius 2 is 1.85 bits per heavy atom. The number of pyridine rings is 1. The summed E-state index contributed by atoms with van der Waals surface area (Å²) >= 11 is 0. The summed E-state index contributed by atoms with van der Waals surface area (Å²) in [5.74, 6) is 1.15. The average molecular weight is 353 g/mol. The number of likely N-dealkylation sites (tertiary alicyclic amines) is 2. The predicted molar refractivity (Wildman–Crippen MR) is 97.8 cm³/mol. The fourth-order valence-corrected chi connectivity index (χ4v) is 4.25. The second kappa shape index (κ2) is 7.54. The number of carbonyl (C=O) groups excluding carboxylic acids is 1. The van der Waals surface area contributed by atoms with E-state index in [4.69, 9.17) is 0 Å². The summed E-state index contributed by atoms with van der Waals surface area (Å²) in [6, 6.07) is 10.9. The van der Waals surface area contributed by atoms with Crippen LogP contribution in [0.1, 0.15) is 17.5 Å². The first-order valence-corrected chi connectivity index (χ1v) is 9.31. The van der Waals surface area contributed by atoms with Crippen molar-refractivity contribution in [3.8, 4) is 0 Å². The number of hydrogen-bond donors (Lipinski definition) is 0. The highest BCUT2D eigenvalue weighted by molar-refractivity contribution is 5.76. The summed E-state index contributed by atoms with van der Waals surface area (Å²) in [7, 11) is 0. The normalized spacial score (nSPS) is 22.6. The summed E-state index contributed by atoms with van der Waals surface area (Å²) < 4.78 is 13.8. The van der Waals surface area contributed by atoms with E-state index < -0.39 is 0 Å². The van der Waals surface area contributed by atoms with Crippen molar-refractivity contribution in [2.75, 3.05) is 26.2 Å². The molecule has 2 unspecified atom stereocenters. The van der Waals surface area contributed by atoms with Gasteiger partial charge in [0.25, 0.3) is 0 Å². The van der Waals surface area contributed by atoms with Gasteiger partial charge >= 0.3 is 0 Å². The van der Waals surface area contributed by atoms with Crippen molar-refractivity contribution in [3.05, 3.63) is 65.7 Å². The minimum atomic E-state index is -0.128. The number of halogens is 1. The van der Waals surface area contributed by atoms with Gasteiger partial charge in [-0.3, -0.25) is 14.7 Å². The van der Waals surface area contributed by atoms with E-state index in [0.29, 0.717) is 24.8 Å². The third-order valence-electron chi connectivity index (χ3n) is 5.62. The molecule has 0 saturated carbocycles. The van der Waals surface area contributed by atoms with Gasteiger partial charge in [0.05, 0.1) is 0 Å². The first-order chi connectivity index (χ1) is 12.7. The molecule has 3 heterocycles. The van der Waals surface area contributed by atoms with E-state index in [1.165, 1.54) is 6.07 Å². The lowest BCUT2D eigenvalue weighted by atomic mass is 10.0. The van der Waals surface area contributed by atoms with E-state index in [2.05, 4.69) is 9.88 Å². The maximum absolute atomic E-state index is 13.8. The maximum atomic E-state index is 13.8. The number of benzene rings is 1. The number of aryl methyl sites for hydroxylation is 1. The molecule has 0 spiro atoms. The highest BCUT2D eigenvalue weighted by Crippen LogP contribution is 2.32. The minimum absolute atomic E-state index is 0.128. The van der Waals surface area contributed by atoms with Crippen molar-refractivity contribution in [3.63, 3.8) is 0 Å². The van der Waals surface area contributed by atoms with E-state index in [1.54, 1.807) is 12.3 Å². The molecule has 1 aromatic heterocycles. The van der Waals surface area contributed by atoms with E-state index >= 15 is 0 Å². The van der Waals surface area contributed by atoms with Crippen molar-refractivity contribution >= 4 is 5.91 Å². The molecule has 0 aliphatic carbocycles. The third kappa shape index (κ3) is 3.78. The molecule has 4 nitrogen and oxygen atoms in total. The molecule has 0 N–H and O–H groups in total. The standard InChI is InChI=1S/C21H24FN3O/c22-20-6-2-1-5-17(20)11-24-12-18-14-25(15-19(18)13-24)21(26)8-7-16-4-3-9-23-10-16/h1-6,9-10,18-19H,7-8,11-15H2. The fraction of sp³-hybridized carbons (Fsp3) is 0.429. The molecule has 0 radical (unpaired) electrons.